The van der Waals surface area contributed by atoms with Crippen molar-refractivity contribution in [1.82, 2.24) is 10.6 Å². The zero-order chi connectivity index (χ0) is 17.0. The Labute approximate surface area is 165 Å². The molecule has 0 unspecified atom stereocenters. The average molecular weight is 455 g/mol. The first-order valence-electron chi connectivity index (χ1n) is 9.18. The molecule has 1 fully saturated rings. The van der Waals surface area contributed by atoms with E-state index < -0.39 is 0 Å². The van der Waals surface area contributed by atoms with Crippen LogP contribution in [0.5, 0.6) is 0 Å². The third-order valence-corrected chi connectivity index (χ3v) is 4.48. The number of halogens is 1. The molecule has 6 heteroatoms. The molecule has 1 aliphatic carbocycles. The summed E-state index contributed by atoms with van der Waals surface area (Å²) in [6, 6.07) is 0. The molecule has 0 heterocycles. The lowest BCUT2D eigenvalue weighted by atomic mass is 10.1. The summed E-state index contributed by atoms with van der Waals surface area (Å²) in [5, 5.41) is 6.64. The van der Waals surface area contributed by atoms with Gasteiger partial charge in [0.05, 0.1) is 11.7 Å². The molecule has 0 bridgehead atoms. The van der Waals surface area contributed by atoms with Crippen molar-refractivity contribution in [1.29, 1.82) is 0 Å². The van der Waals surface area contributed by atoms with Crippen molar-refractivity contribution in [2.75, 3.05) is 33.9 Å². The van der Waals surface area contributed by atoms with Crippen molar-refractivity contribution in [3.8, 4) is 0 Å². The summed E-state index contributed by atoms with van der Waals surface area (Å²) in [4.78, 5) is 4.23. The first-order chi connectivity index (χ1) is 11.1. The van der Waals surface area contributed by atoms with Gasteiger partial charge in [0, 0.05) is 33.9 Å². The van der Waals surface area contributed by atoms with Gasteiger partial charge >= 0.3 is 0 Å². The van der Waals surface area contributed by atoms with E-state index in [-0.39, 0.29) is 29.6 Å². The van der Waals surface area contributed by atoms with Gasteiger partial charge in [-0.05, 0) is 39.5 Å². The van der Waals surface area contributed by atoms with E-state index in [0.29, 0.717) is 6.10 Å². The second-order valence-electron chi connectivity index (χ2n) is 7.01. The average Bonchev–Trinajstić information content (AvgIpc) is 2.82. The number of aliphatic imine (C=N–C) groups is 1. The van der Waals surface area contributed by atoms with Gasteiger partial charge in [-0.2, -0.15) is 0 Å². The smallest absolute Gasteiger partial charge is 0.191 e. The minimum absolute atomic E-state index is 0. The number of rotatable bonds is 9. The highest BCUT2D eigenvalue weighted by Crippen LogP contribution is 2.19. The maximum atomic E-state index is 6.01. The van der Waals surface area contributed by atoms with Crippen LogP contribution >= 0.6 is 24.0 Å². The van der Waals surface area contributed by atoms with E-state index in [2.05, 4.69) is 29.5 Å². The molecular formula is C18H38IN3O2. The minimum Gasteiger partial charge on any atom is -0.378 e. The molecule has 2 N–H and O–H groups in total. The monoisotopic (exact) mass is 455 g/mol. The number of methoxy groups -OCH3 is 1. The van der Waals surface area contributed by atoms with Crippen LogP contribution in [0, 0.1) is 0 Å². The van der Waals surface area contributed by atoms with Crippen LogP contribution in [0.1, 0.15) is 65.2 Å². The molecule has 1 saturated carbocycles. The van der Waals surface area contributed by atoms with E-state index in [0.717, 1.165) is 38.5 Å². The van der Waals surface area contributed by atoms with Crippen LogP contribution in [0.2, 0.25) is 0 Å². The van der Waals surface area contributed by atoms with Gasteiger partial charge in [-0.15, -0.1) is 24.0 Å². The first kappa shape index (κ1) is 23.9. The summed E-state index contributed by atoms with van der Waals surface area (Å²) in [5.41, 5.74) is -0.190. The van der Waals surface area contributed by atoms with Gasteiger partial charge in [-0.3, -0.25) is 4.99 Å². The van der Waals surface area contributed by atoms with Crippen LogP contribution in [0.3, 0.4) is 0 Å². The Morgan fingerprint density at radius 2 is 1.75 bits per heavy atom. The lowest BCUT2D eigenvalue weighted by molar-refractivity contribution is 0.0268. The van der Waals surface area contributed by atoms with Crippen molar-refractivity contribution >= 4 is 29.9 Å². The highest BCUT2D eigenvalue weighted by Gasteiger charge is 2.16. The third-order valence-electron chi connectivity index (χ3n) is 4.48. The molecule has 1 rings (SSSR count). The zero-order valence-corrected chi connectivity index (χ0v) is 18.4. The molecule has 0 spiro atoms. The second kappa shape index (κ2) is 14.1. The second-order valence-corrected chi connectivity index (χ2v) is 7.01. The van der Waals surface area contributed by atoms with Gasteiger partial charge in [-0.1, -0.05) is 25.7 Å². The van der Waals surface area contributed by atoms with Crippen LogP contribution in [-0.4, -0.2) is 51.5 Å². The molecule has 5 nitrogen and oxygen atoms in total. The van der Waals surface area contributed by atoms with Gasteiger partial charge in [-0.25, -0.2) is 0 Å². The van der Waals surface area contributed by atoms with Crippen LogP contribution in [0.4, 0.5) is 0 Å². The van der Waals surface area contributed by atoms with Gasteiger partial charge in [0.25, 0.3) is 0 Å². The molecule has 144 valence electrons. The molecule has 0 aromatic heterocycles. The van der Waals surface area contributed by atoms with Crippen molar-refractivity contribution in [2.45, 2.75) is 76.9 Å². The maximum Gasteiger partial charge on any atom is 0.191 e. The highest BCUT2D eigenvalue weighted by molar-refractivity contribution is 14.0. The van der Waals surface area contributed by atoms with Gasteiger partial charge < -0.3 is 20.1 Å². The summed E-state index contributed by atoms with van der Waals surface area (Å²) < 4.78 is 11.4. The summed E-state index contributed by atoms with van der Waals surface area (Å²) in [7, 11) is 3.52. The van der Waals surface area contributed by atoms with Crippen molar-refractivity contribution in [3.05, 3.63) is 0 Å². The summed E-state index contributed by atoms with van der Waals surface area (Å²) >= 11 is 0. The van der Waals surface area contributed by atoms with E-state index in [1.807, 2.05) is 0 Å². The Kier molecular flexibility index (Phi) is 14.1. The van der Waals surface area contributed by atoms with Crippen molar-refractivity contribution in [2.24, 2.45) is 4.99 Å². The molecule has 0 aromatic rings. The van der Waals surface area contributed by atoms with Crippen LogP contribution in [-0.2, 0) is 9.47 Å². The standard InChI is InChI=1S/C18H37N3O2.HI/c1-18(2,22-4)15-21-17(19-3)20-13-9-10-14-23-16-11-7-5-6-8-12-16;/h16H,5-15H2,1-4H3,(H2,19,20,21);1H. The van der Waals surface area contributed by atoms with Crippen molar-refractivity contribution in [3.63, 3.8) is 0 Å². The fourth-order valence-corrected chi connectivity index (χ4v) is 2.68. The fourth-order valence-electron chi connectivity index (χ4n) is 2.68. The van der Waals surface area contributed by atoms with Gasteiger partial charge in [0.1, 0.15) is 0 Å². The van der Waals surface area contributed by atoms with E-state index in [1.165, 1.54) is 38.5 Å². The van der Waals surface area contributed by atoms with Crippen LogP contribution in [0.25, 0.3) is 0 Å². The Balaban J connectivity index is 0.00000529. The number of nitrogens with one attached hydrogen (secondary N) is 2. The molecular weight excluding hydrogens is 417 g/mol. The number of guanidine groups is 1. The van der Waals surface area contributed by atoms with Crippen LogP contribution in [0.15, 0.2) is 4.99 Å². The molecule has 0 aliphatic heterocycles. The van der Waals surface area contributed by atoms with E-state index in [4.69, 9.17) is 9.47 Å². The number of ether oxygens (including phenoxy) is 2. The maximum absolute atomic E-state index is 6.01. The Hall–Kier alpha value is -0.0800. The van der Waals surface area contributed by atoms with Crippen LogP contribution < -0.4 is 10.6 Å². The Morgan fingerprint density at radius 3 is 2.33 bits per heavy atom. The Morgan fingerprint density at radius 1 is 1.08 bits per heavy atom. The molecule has 24 heavy (non-hydrogen) atoms. The summed E-state index contributed by atoms with van der Waals surface area (Å²) in [5.74, 6) is 0.833. The third kappa shape index (κ3) is 11.5. The van der Waals surface area contributed by atoms with Gasteiger partial charge in [0.15, 0.2) is 5.96 Å². The molecule has 0 saturated heterocycles. The lowest BCUT2D eigenvalue weighted by Crippen LogP contribution is -2.45. The van der Waals surface area contributed by atoms with E-state index >= 15 is 0 Å². The molecule has 0 radical (unpaired) electrons. The minimum atomic E-state index is -0.190. The molecule has 0 amide bonds. The number of hydrogen-bond acceptors (Lipinski definition) is 3. The highest BCUT2D eigenvalue weighted by atomic mass is 127. The summed E-state index contributed by atoms with van der Waals surface area (Å²) in [6.45, 7) is 6.64. The topological polar surface area (TPSA) is 54.9 Å². The SMILES string of the molecule is CN=C(NCCCCOC1CCCCCC1)NCC(C)(C)OC.I. The number of unbranched alkanes of at least 4 members (excludes halogenated alkanes) is 1. The first-order valence-corrected chi connectivity index (χ1v) is 9.18. The number of nitrogens with zero attached hydrogens (tertiary/aromatic N) is 1. The molecule has 0 aromatic carbocycles. The summed E-state index contributed by atoms with van der Waals surface area (Å²) in [6.07, 6.45) is 10.7. The van der Waals surface area contributed by atoms with Gasteiger partial charge in [0.2, 0.25) is 0 Å². The predicted molar refractivity (Wildman–Crippen MR) is 113 cm³/mol. The molecule has 0 atom stereocenters. The predicted octanol–water partition coefficient (Wildman–Crippen LogP) is 3.71. The largest absolute Gasteiger partial charge is 0.378 e. The lowest BCUT2D eigenvalue weighted by Gasteiger charge is -2.24. The Bertz CT molecular complexity index is 330. The zero-order valence-electron chi connectivity index (χ0n) is 16.0. The molecule has 1 aliphatic rings. The van der Waals surface area contributed by atoms with E-state index in [9.17, 15) is 0 Å². The van der Waals surface area contributed by atoms with E-state index in [1.54, 1.807) is 14.2 Å². The quantitative estimate of drug-likeness (QED) is 0.183. The fraction of sp³-hybridized carbons (Fsp3) is 0.944. The number of hydrogen-bond donors (Lipinski definition) is 2. The van der Waals surface area contributed by atoms with Crippen molar-refractivity contribution < 1.29 is 9.47 Å². The normalized spacial score (nSPS) is 17.1.